The number of hydrogen-bond donors (Lipinski definition) is 2. The van der Waals surface area contributed by atoms with Gasteiger partial charge in [-0.05, 0) is 63.8 Å². The third-order valence-electron chi connectivity index (χ3n) is 6.34. The summed E-state index contributed by atoms with van der Waals surface area (Å²) in [6, 6.07) is 9.55. The van der Waals surface area contributed by atoms with Crippen LogP contribution in [0.25, 0.3) is 0 Å². The fourth-order valence-electron chi connectivity index (χ4n) is 3.97. The molecule has 0 bridgehead atoms. The van der Waals surface area contributed by atoms with Gasteiger partial charge in [0.15, 0.2) is 23.1 Å². The maximum absolute atomic E-state index is 12.0. The van der Waals surface area contributed by atoms with Crippen LogP contribution in [0.15, 0.2) is 36.4 Å². The maximum Gasteiger partial charge on any atom is 0.170 e. The third kappa shape index (κ3) is 14.8. The average Bonchev–Trinajstić information content (AvgIpc) is 2.96. The molecule has 0 radical (unpaired) electrons. The van der Waals surface area contributed by atoms with Crippen LogP contribution in [0.4, 0.5) is 11.4 Å². The molecule has 4 N–H and O–H groups in total. The first-order valence-electron chi connectivity index (χ1n) is 14.5. The highest BCUT2D eigenvalue weighted by molar-refractivity contribution is 5.99. The Kier molecular flexibility index (Phi) is 16.6. The van der Waals surface area contributed by atoms with E-state index in [1.807, 2.05) is 0 Å². The lowest BCUT2D eigenvalue weighted by atomic mass is 10.1. The summed E-state index contributed by atoms with van der Waals surface area (Å²) in [7, 11) is 0. The Morgan fingerprint density at radius 3 is 1.28 bits per heavy atom. The summed E-state index contributed by atoms with van der Waals surface area (Å²) in [6.45, 7) is 5.73. The number of rotatable bonds is 24. The normalized spacial score (nSPS) is 10.8. The zero-order valence-electron chi connectivity index (χ0n) is 25.2. The second kappa shape index (κ2) is 20.2. The van der Waals surface area contributed by atoms with Gasteiger partial charge in [-0.3, -0.25) is 19.2 Å². The van der Waals surface area contributed by atoms with Gasteiger partial charge in [0.05, 0.1) is 26.4 Å². The largest absolute Gasteiger partial charge is 0.486 e. The summed E-state index contributed by atoms with van der Waals surface area (Å²) in [4.78, 5) is 46.9. The molecular formula is C32H44N2O9. The Morgan fingerprint density at radius 1 is 0.558 bits per heavy atom. The first-order valence-corrected chi connectivity index (χ1v) is 14.5. The standard InChI is InChI=1S/C32H44N2O9/c1-23(35)29-11-9-27(19-31(29)33)42-21-25(37)7-3-5-13-39-15-17-41-18-16-40-14-6-4-8-26(38)22-43-28-10-12-30(24(2)36)32(34)20-28/h9-12,19-20H,3-8,13-18,21-22,33-34H2,1-2H3. The number of ketones is 4. The smallest absolute Gasteiger partial charge is 0.170 e. The molecule has 11 nitrogen and oxygen atoms in total. The van der Waals surface area contributed by atoms with E-state index in [1.54, 1.807) is 36.4 Å². The van der Waals surface area contributed by atoms with E-state index in [0.717, 1.165) is 12.8 Å². The average molecular weight is 601 g/mol. The van der Waals surface area contributed by atoms with Crippen molar-refractivity contribution < 1.29 is 42.9 Å². The van der Waals surface area contributed by atoms with E-state index in [9.17, 15) is 19.2 Å². The molecule has 0 amide bonds. The molecule has 0 saturated carbocycles. The van der Waals surface area contributed by atoms with E-state index < -0.39 is 0 Å². The quantitative estimate of drug-likeness (QED) is 0.100. The van der Waals surface area contributed by atoms with Crippen molar-refractivity contribution in [2.45, 2.75) is 52.4 Å². The Bertz CT molecular complexity index is 1110. The minimum Gasteiger partial charge on any atom is -0.486 e. The number of Topliss-reactive ketones (excluding diaryl/α,β-unsaturated/α-hetero) is 4. The lowest BCUT2D eigenvalue weighted by Crippen LogP contribution is -2.13. The van der Waals surface area contributed by atoms with E-state index in [-0.39, 0.29) is 36.3 Å². The van der Waals surface area contributed by atoms with Crippen LogP contribution in [0, 0.1) is 0 Å². The number of benzene rings is 2. The third-order valence-corrected chi connectivity index (χ3v) is 6.34. The van der Waals surface area contributed by atoms with Gasteiger partial charge in [0.25, 0.3) is 0 Å². The highest BCUT2D eigenvalue weighted by Crippen LogP contribution is 2.21. The van der Waals surface area contributed by atoms with Crippen LogP contribution in [0.5, 0.6) is 11.5 Å². The molecule has 0 spiro atoms. The number of anilines is 2. The van der Waals surface area contributed by atoms with Crippen molar-refractivity contribution in [3.8, 4) is 11.5 Å². The molecule has 0 aromatic heterocycles. The van der Waals surface area contributed by atoms with Crippen molar-refractivity contribution in [3.63, 3.8) is 0 Å². The molecule has 236 valence electrons. The van der Waals surface area contributed by atoms with Crippen LogP contribution in [0.1, 0.15) is 73.1 Å². The van der Waals surface area contributed by atoms with Crippen molar-refractivity contribution in [3.05, 3.63) is 47.5 Å². The second-order valence-corrected chi connectivity index (χ2v) is 10.0. The highest BCUT2D eigenvalue weighted by atomic mass is 16.5. The van der Waals surface area contributed by atoms with E-state index in [0.29, 0.717) is 99.3 Å². The number of nitrogens with two attached hydrogens (primary N) is 2. The Hall–Kier alpha value is -3.80. The summed E-state index contributed by atoms with van der Waals surface area (Å²) in [5.41, 5.74) is 13.2. The molecule has 0 fully saturated rings. The van der Waals surface area contributed by atoms with Crippen LogP contribution in [-0.2, 0) is 23.8 Å². The van der Waals surface area contributed by atoms with Gasteiger partial charge in [-0.25, -0.2) is 0 Å². The van der Waals surface area contributed by atoms with Gasteiger partial charge in [0.2, 0.25) is 0 Å². The number of ether oxygens (including phenoxy) is 5. The number of carbonyl (C=O) groups is 4. The predicted molar refractivity (Wildman–Crippen MR) is 163 cm³/mol. The molecule has 0 atom stereocenters. The van der Waals surface area contributed by atoms with Gasteiger partial charge in [-0.15, -0.1) is 0 Å². The first kappa shape index (κ1) is 35.4. The van der Waals surface area contributed by atoms with Crippen molar-refractivity contribution in [2.75, 3.05) is 64.3 Å². The topological polar surface area (TPSA) is 166 Å². The Balaban J connectivity index is 1.35. The Labute approximate surface area is 253 Å². The lowest BCUT2D eigenvalue weighted by molar-refractivity contribution is -0.121. The van der Waals surface area contributed by atoms with Crippen LogP contribution in [0.3, 0.4) is 0 Å². The number of unbranched alkanes of at least 4 members (excludes halogenated alkanes) is 2. The summed E-state index contributed by atoms with van der Waals surface area (Å²) in [6.07, 6.45) is 3.71. The summed E-state index contributed by atoms with van der Waals surface area (Å²) >= 11 is 0. The van der Waals surface area contributed by atoms with Crippen LogP contribution in [0.2, 0.25) is 0 Å². The predicted octanol–water partition coefficient (Wildman–Crippen LogP) is 4.24. The molecular weight excluding hydrogens is 556 g/mol. The molecule has 0 aliphatic heterocycles. The van der Waals surface area contributed by atoms with Gasteiger partial charge < -0.3 is 35.2 Å². The van der Waals surface area contributed by atoms with Crippen molar-refractivity contribution in [1.82, 2.24) is 0 Å². The van der Waals surface area contributed by atoms with Crippen molar-refractivity contribution >= 4 is 34.5 Å². The lowest BCUT2D eigenvalue weighted by Gasteiger charge is -2.09. The van der Waals surface area contributed by atoms with Gasteiger partial charge in [-0.2, -0.15) is 0 Å². The Morgan fingerprint density at radius 2 is 0.930 bits per heavy atom. The highest BCUT2D eigenvalue weighted by Gasteiger charge is 2.09. The minimum atomic E-state index is -0.121. The number of carbonyl (C=O) groups excluding carboxylic acids is 4. The van der Waals surface area contributed by atoms with Crippen molar-refractivity contribution in [2.24, 2.45) is 0 Å². The second-order valence-electron chi connectivity index (χ2n) is 10.0. The molecule has 11 heteroatoms. The van der Waals surface area contributed by atoms with Crippen LogP contribution in [-0.4, -0.2) is 76.0 Å². The molecule has 2 aromatic carbocycles. The summed E-state index contributed by atoms with van der Waals surface area (Å²) < 4.78 is 27.5. The van der Waals surface area contributed by atoms with E-state index in [2.05, 4.69) is 0 Å². The van der Waals surface area contributed by atoms with Gasteiger partial charge in [0, 0.05) is 60.7 Å². The fraction of sp³-hybridized carbons (Fsp3) is 0.500. The van der Waals surface area contributed by atoms with Crippen molar-refractivity contribution in [1.29, 1.82) is 0 Å². The van der Waals surface area contributed by atoms with Crippen LogP contribution < -0.4 is 20.9 Å². The zero-order chi connectivity index (χ0) is 31.5. The molecule has 0 unspecified atom stereocenters. The minimum absolute atomic E-state index is 0.0157. The molecule has 0 aliphatic carbocycles. The molecule has 2 aromatic rings. The number of nitrogen functional groups attached to an aromatic ring is 2. The summed E-state index contributed by atoms with van der Waals surface area (Å²) in [5, 5.41) is 0. The van der Waals surface area contributed by atoms with Gasteiger partial charge >= 0.3 is 0 Å². The molecule has 0 aliphatic rings. The first-order chi connectivity index (χ1) is 20.7. The summed E-state index contributed by atoms with van der Waals surface area (Å²) in [5.74, 6) is 0.646. The SMILES string of the molecule is CC(=O)c1ccc(OCC(=O)CCCCOCCOCCOCCCCC(=O)COc2ccc(C(C)=O)c(N)c2)cc1N. The molecule has 0 heterocycles. The molecule has 0 saturated heterocycles. The van der Waals surface area contributed by atoms with E-state index in [4.69, 9.17) is 35.2 Å². The van der Waals surface area contributed by atoms with E-state index >= 15 is 0 Å². The zero-order valence-corrected chi connectivity index (χ0v) is 25.2. The molecule has 43 heavy (non-hydrogen) atoms. The van der Waals surface area contributed by atoms with Crippen LogP contribution >= 0.6 is 0 Å². The fourth-order valence-corrected chi connectivity index (χ4v) is 3.97. The van der Waals surface area contributed by atoms with E-state index in [1.165, 1.54) is 13.8 Å². The monoisotopic (exact) mass is 600 g/mol. The van der Waals surface area contributed by atoms with Gasteiger partial charge in [-0.1, -0.05) is 0 Å². The maximum atomic E-state index is 12.0. The molecule has 2 rings (SSSR count). The number of hydrogen-bond acceptors (Lipinski definition) is 11. The van der Waals surface area contributed by atoms with Gasteiger partial charge in [0.1, 0.15) is 24.7 Å².